The maximum absolute atomic E-state index is 13.9. The van der Waals surface area contributed by atoms with Crippen molar-refractivity contribution in [3.8, 4) is 11.4 Å². The summed E-state index contributed by atoms with van der Waals surface area (Å²) >= 11 is 0. The second-order valence-electron chi connectivity index (χ2n) is 12.6. The molecule has 0 radical (unpaired) electrons. The van der Waals surface area contributed by atoms with Crippen molar-refractivity contribution in [3.05, 3.63) is 36.4 Å². The van der Waals surface area contributed by atoms with E-state index in [0.29, 0.717) is 25.2 Å². The Bertz CT molecular complexity index is 1400. The van der Waals surface area contributed by atoms with E-state index in [1.165, 1.54) is 50.6 Å². The summed E-state index contributed by atoms with van der Waals surface area (Å²) in [5.41, 5.74) is 6.12. The highest BCUT2D eigenvalue weighted by Gasteiger charge is 2.34. The lowest BCUT2D eigenvalue weighted by molar-refractivity contribution is -0.119. The van der Waals surface area contributed by atoms with Gasteiger partial charge in [0.05, 0.1) is 36.5 Å². The number of rotatable bonds is 10. The lowest BCUT2D eigenvalue weighted by Gasteiger charge is -2.36. The van der Waals surface area contributed by atoms with Crippen LogP contribution >= 0.6 is 0 Å². The van der Waals surface area contributed by atoms with Crippen LogP contribution in [-0.2, 0) is 9.53 Å². The molecule has 7 rings (SSSR count). The van der Waals surface area contributed by atoms with E-state index in [1.807, 2.05) is 6.07 Å². The summed E-state index contributed by atoms with van der Waals surface area (Å²) < 4.78 is 7.71. The van der Waals surface area contributed by atoms with Gasteiger partial charge in [-0.25, -0.2) is 4.98 Å². The highest BCUT2D eigenvalue weighted by Crippen LogP contribution is 2.42. The van der Waals surface area contributed by atoms with Crippen LogP contribution < -0.4 is 15.5 Å². The predicted molar refractivity (Wildman–Crippen MR) is 167 cm³/mol. The molecule has 224 valence electrons. The van der Waals surface area contributed by atoms with Crippen LogP contribution in [0.2, 0.25) is 0 Å². The maximum atomic E-state index is 13.9. The number of benzene rings is 2. The van der Waals surface area contributed by atoms with Crippen molar-refractivity contribution in [2.45, 2.75) is 63.5 Å². The zero-order valence-electron chi connectivity index (χ0n) is 24.6. The molecule has 9 nitrogen and oxygen atoms in total. The Kier molecular flexibility index (Phi) is 8.06. The molecule has 3 heterocycles. The van der Waals surface area contributed by atoms with Crippen LogP contribution in [0, 0.1) is 5.92 Å². The Balaban J connectivity index is 1.20. The average Bonchev–Trinajstić information content (AvgIpc) is 3.78. The molecule has 0 bridgehead atoms. The van der Waals surface area contributed by atoms with E-state index < -0.39 is 0 Å². The van der Waals surface area contributed by atoms with E-state index in [-0.39, 0.29) is 18.6 Å². The van der Waals surface area contributed by atoms with E-state index in [4.69, 9.17) is 14.8 Å². The first-order chi connectivity index (χ1) is 20.7. The number of ether oxygens (including phenoxy) is 1. The van der Waals surface area contributed by atoms with Gasteiger partial charge in [-0.05, 0) is 61.6 Å². The molecular weight excluding hydrogens is 528 g/mol. The molecule has 3 fully saturated rings. The number of amides is 1. The lowest BCUT2D eigenvalue weighted by Crippen LogP contribution is -2.47. The molecule has 2 aliphatic heterocycles. The van der Waals surface area contributed by atoms with Crippen LogP contribution in [0.5, 0.6) is 0 Å². The fourth-order valence-electron chi connectivity index (χ4n) is 7.05. The molecule has 3 aromatic rings. The van der Waals surface area contributed by atoms with Gasteiger partial charge in [0.1, 0.15) is 11.9 Å². The molecule has 2 aliphatic carbocycles. The standard InChI is InChI=1S/C33H44N6O3/c40-17-19-42-18-16-37-12-14-38(15-13-37)26-9-11-30-29(22-26)35-32-27-21-25(34-24-6-7-24)8-10-28(27)36-33(41)31(39(30)32)20-23-4-2-1-3-5-23/h8-11,21-24,31,34,40H,1-7,12-20H2,(H,36,41). The van der Waals surface area contributed by atoms with Gasteiger partial charge in [0.2, 0.25) is 5.91 Å². The number of aromatic nitrogens is 2. The second kappa shape index (κ2) is 12.2. The number of nitrogens with one attached hydrogen (secondary N) is 2. The number of carbonyl (C=O) groups excluding carboxylic acids is 1. The fraction of sp³-hybridized carbons (Fsp3) is 0.576. The number of carbonyl (C=O) groups is 1. The third kappa shape index (κ3) is 5.87. The maximum Gasteiger partial charge on any atom is 0.247 e. The SMILES string of the molecule is O=C1Nc2ccc(NC3CC3)cc2-c2nc3cc(N4CCN(CCOCCO)CC4)ccc3n2C1CC1CCCCC1. The zero-order valence-corrected chi connectivity index (χ0v) is 24.6. The number of imidazole rings is 1. The van der Waals surface area contributed by atoms with Crippen molar-refractivity contribution in [2.24, 2.45) is 5.92 Å². The molecule has 1 aromatic heterocycles. The Morgan fingerprint density at radius 2 is 1.81 bits per heavy atom. The minimum absolute atomic E-state index is 0.0732. The fourth-order valence-corrected chi connectivity index (χ4v) is 7.05. The van der Waals surface area contributed by atoms with Crippen molar-refractivity contribution < 1.29 is 14.6 Å². The summed E-state index contributed by atoms with van der Waals surface area (Å²) in [6.07, 6.45) is 9.53. The smallest absolute Gasteiger partial charge is 0.247 e. The summed E-state index contributed by atoms with van der Waals surface area (Å²) in [4.78, 5) is 24.0. The van der Waals surface area contributed by atoms with E-state index in [1.54, 1.807) is 0 Å². The first-order valence-electron chi connectivity index (χ1n) is 16.1. The van der Waals surface area contributed by atoms with E-state index >= 15 is 0 Å². The van der Waals surface area contributed by atoms with Crippen molar-refractivity contribution in [2.75, 3.05) is 68.1 Å². The Morgan fingerprint density at radius 3 is 2.60 bits per heavy atom. The quantitative estimate of drug-likeness (QED) is 0.298. The largest absolute Gasteiger partial charge is 0.394 e. The number of hydrogen-bond donors (Lipinski definition) is 3. The van der Waals surface area contributed by atoms with Crippen LogP contribution in [-0.4, -0.2) is 84.1 Å². The Labute approximate surface area is 248 Å². The number of piperazine rings is 1. The molecule has 1 amide bonds. The molecule has 2 aromatic carbocycles. The predicted octanol–water partition coefficient (Wildman–Crippen LogP) is 4.87. The van der Waals surface area contributed by atoms with Crippen molar-refractivity contribution >= 4 is 34.0 Å². The van der Waals surface area contributed by atoms with Crippen molar-refractivity contribution in [1.29, 1.82) is 0 Å². The molecule has 1 saturated heterocycles. The molecule has 4 aliphatic rings. The van der Waals surface area contributed by atoms with Gasteiger partial charge in [-0.15, -0.1) is 0 Å². The molecular formula is C33H44N6O3. The summed E-state index contributed by atoms with van der Waals surface area (Å²) in [5.74, 6) is 1.53. The highest BCUT2D eigenvalue weighted by atomic mass is 16.5. The molecule has 1 atom stereocenters. The second-order valence-corrected chi connectivity index (χ2v) is 12.6. The number of nitrogens with zero attached hydrogens (tertiary/aromatic N) is 4. The molecule has 42 heavy (non-hydrogen) atoms. The van der Waals surface area contributed by atoms with Crippen LogP contribution in [0.4, 0.5) is 17.1 Å². The summed E-state index contributed by atoms with van der Waals surface area (Å²) in [7, 11) is 0. The van der Waals surface area contributed by atoms with Crippen LogP contribution in [0.1, 0.15) is 57.4 Å². The van der Waals surface area contributed by atoms with Gasteiger partial charge >= 0.3 is 0 Å². The van der Waals surface area contributed by atoms with E-state index in [9.17, 15) is 4.79 Å². The third-order valence-electron chi connectivity index (χ3n) is 9.56. The number of anilines is 3. The first kappa shape index (κ1) is 27.7. The molecule has 1 unspecified atom stereocenters. The van der Waals surface area contributed by atoms with Crippen molar-refractivity contribution in [1.82, 2.24) is 14.5 Å². The normalized spacial score (nSPS) is 21.6. The van der Waals surface area contributed by atoms with Crippen molar-refractivity contribution in [3.63, 3.8) is 0 Å². The Hall–Kier alpha value is -3.14. The first-order valence-corrected chi connectivity index (χ1v) is 16.1. The highest BCUT2D eigenvalue weighted by molar-refractivity contribution is 6.02. The lowest BCUT2D eigenvalue weighted by atomic mass is 9.84. The van der Waals surface area contributed by atoms with Gasteiger partial charge in [0.25, 0.3) is 0 Å². The van der Waals surface area contributed by atoms with E-state index in [2.05, 4.69) is 55.3 Å². The molecule has 9 heteroatoms. The third-order valence-corrected chi connectivity index (χ3v) is 9.56. The number of aliphatic hydroxyl groups excluding tert-OH is 1. The number of aliphatic hydroxyl groups is 1. The van der Waals surface area contributed by atoms with E-state index in [0.717, 1.165) is 72.9 Å². The topological polar surface area (TPSA) is 94.9 Å². The summed E-state index contributed by atoms with van der Waals surface area (Å²) in [5, 5.41) is 15.8. The van der Waals surface area contributed by atoms with Crippen LogP contribution in [0.25, 0.3) is 22.4 Å². The monoisotopic (exact) mass is 572 g/mol. The minimum Gasteiger partial charge on any atom is -0.394 e. The van der Waals surface area contributed by atoms with Gasteiger partial charge in [0.15, 0.2) is 0 Å². The van der Waals surface area contributed by atoms with Gasteiger partial charge in [-0.3, -0.25) is 9.69 Å². The Morgan fingerprint density at radius 1 is 0.976 bits per heavy atom. The average molecular weight is 573 g/mol. The number of hydrogen-bond acceptors (Lipinski definition) is 7. The van der Waals surface area contributed by atoms with Gasteiger partial charge < -0.3 is 29.9 Å². The van der Waals surface area contributed by atoms with Gasteiger partial charge in [0, 0.05) is 55.7 Å². The van der Waals surface area contributed by atoms with Crippen LogP contribution in [0.15, 0.2) is 36.4 Å². The molecule has 0 spiro atoms. The minimum atomic E-state index is -0.275. The number of fused-ring (bicyclic) bond motifs is 5. The zero-order chi connectivity index (χ0) is 28.5. The van der Waals surface area contributed by atoms with Gasteiger partial charge in [-0.2, -0.15) is 0 Å². The van der Waals surface area contributed by atoms with Gasteiger partial charge in [-0.1, -0.05) is 32.1 Å². The molecule has 3 N–H and O–H groups in total. The van der Waals surface area contributed by atoms with Crippen LogP contribution in [0.3, 0.4) is 0 Å². The molecule has 2 saturated carbocycles. The summed E-state index contributed by atoms with van der Waals surface area (Å²) in [6, 6.07) is 13.2. The summed E-state index contributed by atoms with van der Waals surface area (Å²) in [6.45, 7) is 5.88.